The van der Waals surface area contributed by atoms with E-state index in [0.29, 0.717) is 13.1 Å². The van der Waals surface area contributed by atoms with Crippen molar-refractivity contribution in [3.05, 3.63) is 28.7 Å². The molecule has 1 aromatic carbocycles. The molecule has 5 nitrogen and oxygen atoms in total. The lowest BCUT2D eigenvalue weighted by Gasteiger charge is -2.31. The van der Waals surface area contributed by atoms with E-state index in [0.717, 1.165) is 29.5 Å². The van der Waals surface area contributed by atoms with Crippen LogP contribution in [0.1, 0.15) is 19.3 Å². The Balaban J connectivity index is 1.83. The van der Waals surface area contributed by atoms with Gasteiger partial charge in [-0.05, 0) is 43.5 Å². The summed E-state index contributed by atoms with van der Waals surface area (Å²) in [5.41, 5.74) is 0.758. The first-order valence-corrected chi connectivity index (χ1v) is 7.82. The standard InChI is InChI=1S/C15H19BrN2O3/c16-12-4-1-5-13(8-12)17-14(19)10-18-6-2-3-11(9-18)7-15(20)21/h1,4-5,8,11H,2-3,6-7,9-10H2,(H,17,19)(H,20,21). The Morgan fingerprint density at radius 2 is 2.24 bits per heavy atom. The minimum absolute atomic E-state index is 0.0657. The third-order valence-electron chi connectivity index (χ3n) is 3.54. The smallest absolute Gasteiger partial charge is 0.303 e. The first-order chi connectivity index (χ1) is 10.0. The van der Waals surface area contributed by atoms with Gasteiger partial charge in [0, 0.05) is 23.1 Å². The van der Waals surface area contributed by atoms with Crippen LogP contribution in [0.5, 0.6) is 0 Å². The average Bonchev–Trinajstić information content (AvgIpc) is 2.37. The van der Waals surface area contributed by atoms with Crippen molar-refractivity contribution in [3.63, 3.8) is 0 Å². The lowest BCUT2D eigenvalue weighted by molar-refractivity contribution is -0.138. The second-order valence-corrected chi connectivity index (χ2v) is 6.32. The van der Waals surface area contributed by atoms with E-state index in [9.17, 15) is 9.59 Å². The second kappa shape index (κ2) is 7.56. The number of carboxylic acid groups (broad SMARTS) is 1. The molecule has 2 N–H and O–H groups in total. The highest BCUT2D eigenvalue weighted by Crippen LogP contribution is 2.20. The van der Waals surface area contributed by atoms with E-state index in [1.165, 1.54) is 0 Å². The number of rotatable bonds is 5. The van der Waals surface area contributed by atoms with Gasteiger partial charge in [0.05, 0.1) is 6.54 Å². The van der Waals surface area contributed by atoms with Gasteiger partial charge in [-0.15, -0.1) is 0 Å². The number of carbonyl (C=O) groups is 2. The number of carbonyl (C=O) groups excluding carboxylic acids is 1. The zero-order valence-corrected chi connectivity index (χ0v) is 13.3. The van der Waals surface area contributed by atoms with Gasteiger partial charge in [0.2, 0.25) is 5.91 Å². The Morgan fingerprint density at radius 3 is 2.95 bits per heavy atom. The monoisotopic (exact) mass is 354 g/mol. The van der Waals surface area contributed by atoms with E-state index in [-0.39, 0.29) is 18.2 Å². The number of piperidine rings is 1. The van der Waals surface area contributed by atoms with Gasteiger partial charge in [0.1, 0.15) is 0 Å². The molecule has 1 saturated heterocycles. The van der Waals surface area contributed by atoms with Crippen LogP contribution >= 0.6 is 15.9 Å². The zero-order valence-electron chi connectivity index (χ0n) is 11.7. The van der Waals surface area contributed by atoms with E-state index < -0.39 is 5.97 Å². The molecule has 1 fully saturated rings. The molecular formula is C15H19BrN2O3. The lowest BCUT2D eigenvalue weighted by atomic mass is 9.95. The highest BCUT2D eigenvalue weighted by atomic mass is 79.9. The average molecular weight is 355 g/mol. The largest absolute Gasteiger partial charge is 0.481 e. The fourth-order valence-corrected chi connectivity index (χ4v) is 3.08. The summed E-state index contributed by atoms with van der Waals surface area (Å²) >= 11 is 3.36. The summed E-state index contributed by atoms with van der Waals surface area (Å²) in [6.45, 7) is 1.84. The van der Waals surface area contributed by atoms with E-state index in [1.807, 2.05) is 29.2 Å². The van der Waals surface area contributed by atoms with Crippen LogP contribution in [0, 0.1) is 5.92 Å². The van der Waals surface area contributed by atoms with E-state index >= 15 is 0 Å². The van der Waals surface area contributed by atoms with Crippen LogP contribution in [0.25, 0.3) is 0 Å². The first-order valence-electron chi connectivity index (χ1n) is 7.02. The van der Waals surface area contributed by atoms with Gasteiger partial charge < -0.3 is 10.4 Å². The van der Waals surface area contributed by atoms with Crippen LogP contribution in [0.4, 0.5) is 5.69 Å². The number of amides is 1. The molecule has 1 aliphatic rings. The molecule has 1 aromatic rings. The fraction of sp³-hybridized carbons (Fsp3) is 0.467. The quantitative estimate of drug-likeness (QED) is 0.852. The van der Waals surface area contributed by atoms with Crippen molar-refractivity contribution in [2.24, 2.45) is 5.92 Å². The number of likely N-dealkylation sites (tertiary alicyclic amines) is 1. The Labute approximate surface area is 132 Å². The molecule has 0 bridgehead atoms. The summed E-state index contributed by atoms with van der Waals surface area (Å²) in [7, 11) is 0. The number of anilines is 1. The van der Waals surface area contributed by atoms with Gasteiger partial charge in [-0.25, -0.2) is 0 Å². The maximum Gasteiger partial charge on any atom is 0.303 e. The van der Waals surface area contributed by atoms with Crippen molar-refractivity contribution in [1.82, 2.24) is 4.90 Å². The lowest BCUT2D eigenvalue weighted by Crippen LogP contribution is -2.41. The molecule has 21 heavy (non-hydrogen) atoms. The number of aliphatic carboxylic acids is 1. The molecule has 0 aliphatic carbocycles. The minimum Gasteiger partial charge on any atom is -0.481 e. The first kappa shape index (κ1) is 16.0. The molecule has 1 atom stereocenters. The van der Waals surface area contributed by atoms with Crippen molar-refractivity contribution in [1.29, 1.82) is 0 Å². The molecule has 0 radical (unpaired) electrons. The summed E-state index contributed by atoms with van der Waals surface area (Å²) in [6.07, 6.45) is 2.06. The number of halogens is 1. The highest BCUT2D eigenvalue weighted by molar-refractivity contribution is 9.10. The van der Waals surface area contributed by atoms with Crippen molar-refractivity contribution >= 4 is 33.5 Å². The summed E-state index contributed by atoms with van der Waals surface area (Å²) in [4.78, 5) is 24.8. The van der Waals surface area contributed by atoms with E-state index in [4.69, 9.17) is 5.11 Å². The van der Waals surface area contributed by atoms with Crippen molar-refractivity contribution in [2.45, 2.75) is 19.3 Å². The summed E-state index contributed by atoms with van der Waals surface area (Å²) in [5, 5.41) is 11.7. The van der Waals surface area contributed by atoms with Crippen molar-refractivity contribution < 1.29 is 14.7 Å². The number of carboxylic acids is 1. The molecule has 2 rings (SSSR count). The van der Waals surface area contributed by atoms with E-state index in [1.54, 1.807) is 0 Å². The number of benzene rings is 1. The predicted octanol–water partition coefficient (Wildman–Crippen LogP) is 2.57. The molecule has 0 saturated carbocycles. The van der Waals surface area contributed by atoms with Gasteiger partial charge in [0.25, 0.3) is 0 Å². The van der Waals surface area contributed by atoms with Gasteiger partial charge in [0.15, 0.2) is 0 Å². The fourth-order valence-electron chi connectivity index (χ4n) is 2.68. The zero-order chi connectivity index (χ0) is 15.2. The maximum atomic E-state index is 12.0. The van der Waals surface area contributed by atoms with Gasteiger partial charge >= 0.3 is 5.97 Å². The van der Waals surface area contributed by atoms with E-state index in [2.05, 4.69) is 21.2 Å². The molecule has 1 heterocycles. The molecule has 0 spiro atoms. The highest BCUT2D eigenvalue weighted by Gasteiger charge is 2.23. The molecule has 1 amide bonds. The summed E-state index contributed by atoms with van der Waals surface area (Å²) in [5.74, 6) is -0.681. The number of hydrogen-bond acceptors (Lipinski definition) is 3. The number of nitrogens with zero attached hydrogens (tertiary/aromatic N) is 1. The van der Waals surface area contributed by atoms with Crippen molar-refractivity contribution in [2.75, 3.05) is 25.0 Å². The van der Waals surface area contributed by atoms with Crippen molar-refractivity contribution in [3.8, 4) is 0 Å². The third kappa shape index (κ3) is 5.47. The van der Waals surface area contributed by atoms with Gasteiger partial charge in [-0.1, -0.05) is 22.0 Å². The molecule has 6 heteroatoms. The Bertz CT molecular complexity index is 521. The van der Waals surface area contributed by atoms with Crippen LogP contribution in [0.15, 0.2) is 28.7 Å². The van der Waals surface area contributed by atoms with Crippen LogP contribution < -0.4 is 5.32 Å². The summed E-state index contributed by atoms with van der Waals surface area (Å²) < 4.78 is 0.916. The third-order valence-corrected chi connectivity index (χ3v) is 4.04. The van der Waals surface area contributed by atoms with Crippen LogP contribution in [0.3, 0.4) is 0 Å². The van der Waals surface area contributed by atoms with Crippen LogP contribution in [0.2, 0.25) is 0 Å². The maximum absolute atomic E-state index is 12.0. The van der Waals surface area contributed by atoms with Crippen LogP contribution in [-0.4, -0.2) is 41.5 Å². The molecule has 1 unspecified atom stereocenters. The Hall–Kier alpha value is -1.40. The number of hydrogen-bond donors (Lipinski definition) is 2. The molecule has 0 aromatic heterocycles. The SMILES string of the molecule is O=C(O)CC1CCCN(CC(=O)Nc2cccc(Br)c2)C1. The predicted molar refractivity (Wildman–Crippen MR) is 84.2 cm³/mol. The molecule has 114 valence electrons. The van der Waals surface area contributed by atoms with Crippen LogP contribution in [-0.2, 0) is 9.59 Å². The normalized spacial score (nSPS) is 19.2. The molecular weight excluding hydrogens is 336 g/mol. The van der Waals surface area contributed by atoms with Gasteiger partial charge in [-0.2, -0.15) is 0 Å². The number of nitrogens with one attached hydrogen (secondary N) is 1. The Morgan fingerprint density at radius 1 is 1.43 bits per heavy atom. The Kier molecular flexibility index (Phi) is 5.76. The topological polar surface area (TPSA) is 69.6 Å². The minimum atomic E-state index is -0.763. The second-order valence-electron chi connectivity index (χ2n) is 5.40. The van der Waals surface area contributed by atoms with Gasteiger partial charge in [-0.3, -0.25) is 14.5 Å². The summed E-state index contributed by atoms with van der Waals surface area (Å²) in [6, 6.07) is 7.45. The molecule has 1 aliphatic heterocycles.